The number of sulfonamides is 1. The number of likely N-dealkylation sites (N-methyl/N-ethyl adjacent to an activating group) is 2. The zero-order chi connectivity index (χ0) is 27.7. The molecule has 0 unspecified atom stereocenters. The highest BCUT2D eigenvalue weighted by Crippen LogP contribution is 2.20. The van der Waals surface area contributed by atoms with Crippen molar-refractivity contribution in [2.24, 2.45) is 0 Å². The fraction of sp³-hybridized carbons (Fsp3) is 0.310. The Morgan fingerprint density at radius 3 is 2.24 bits per heavy atom. The van der Waals surface area contributed by atoms with Crippen LogP contribution < -0.4 is 10.1 Å². The van der Waals surface area contributed by atoms with Crippen LogP contribution in [0.15, 0.2) is 83.8 Å². The van der Waals surface area contributed by atoms with Crippen molar-refractivity contribution in [1.29, 1.82) is 0 Å². The quantitative estimate of drug-likeness (QED) is 0.382. The molecular weight excluding hydrogens is 502 g/mol. The molecule has 8 nitrogen and oxygen atoms in total. The molecule has 0 aromatic heterocycles. The van der Waals surface area contributed by atoms with Gasteiger partial charge >= 0.3 is 0 Å². The van der Waals surface area contributed by atoms with Gasteiger partial charge < -0.3 is 15.0 Å². The van der Waals surface area contributed by atoms with Crippen molar-refractivity contribution in [3.63, 3.8) is 0 Å². The number of rotatable bonds is 12. The third-order valence-electron chi connectivity index (χ3n) is 6.20. The van der Waals surface area contributed by atoms with Gasteiger partial charge in [-0.3, -0.25) is 9.59 Å². The van der Waals surface area contributed by atoms with E-state index in [4.69, 9.17) is 4.74 Å². The highest BCUT2D eigenvalue weighted by molar-refractivity contribution is 7.89. The number of carbonyl (C=O) groups excluding carboxylic acids is 2. The lowest BCUT2D eigenvalue weighted by Crippen LogP contribution is -2.53. The van der Waals surface area contributed by atoms with E-state index in [-0.39, 0.29) is 23.8 Å². The summed E-state index contributed by atoms with van der Waals surface area (Å²) in [6.45, 7) is 3.75. The van der Waals surface area contributed by atoms with Crippen molar-refractivity contribution < 1.29 is 22.7 Å². The minimum Gasteiger partial charge on any atom is -0.497 e. The molecule has 0 saturated carbocycles. The standard InChI is InChI=1S/C29H35N3O5S/c1-5-30-29(34)27(19-23-10-7-6-8-11-23)32(20-24-12-9-13-25(18-24)37-4)28(33)21-31(3)38(35,36)26-16-14-22(2)15-17-26/h6-18,27H,5,19-21H2,1-4H3,(H,30,34)/t27-/m0/s1. The van der Waals surface area contributed by atoms with E-state index in [1.807, 2.05) is 56.3 Å². The molecule has 0 spiro atoms. The van der Waals surface area contributed by atoms with Crippen LogP contribution in [0.5, 0.6) is 5.75 Å². The second-order valence-corrected chi connectivity index (χ2v) is 11.1. The topological polar surface area (TPSA) is 96.0 Å². The zero-order valence-corrected chi connectivity index (χ0v) is 23.1. The predicted molar refractivity (Wildman–Crippen MR) is 147 cm³/mol. The summed E-state index contributed by atoms with van der Waals surface area (Å²) in [6.07, 6.45) is 0.275. The third kappa shape index (κ3) is 7.43. The average molecular weight is 538 g/mol. The van der Waals surface area contributed by atoms with Crippen LogP contribution in [0.2, 0.25) is 0 Å². The summed E-state index contributed by atoms with van der Waals surface area (Å²) >= 11 is 0. The van der Waals surface area contributed by atoms with Gasteiger partial charge in [-0.2, -0.15) is 4.31 Å². The smallest absolute Gasteiger partial charge is 0.243 e. The maximum absolute atomic E-state index is 13.8. The van der Waals surface area contributed by atoms with E-state index in [0.717, 1.165) is 21.0 Å². The number of carbonyl (C=O) groups is 2. The minimum atomic E-state index is -3.92. The zero-order valence-electron chi connectivity index (χ0n) is 22.3. The van der Waals surface area contributed by atoms with E-state index in [1.165, 1.54) is 24.1 Å². The Balaban J connectivity index is 1.96. The van der Waals surface area contributed by atoms with Crippen LogP contribution >= 0.6 is 0 Å². The molecule has 9 heteroatoms. The molecule has 0 saturated heterocycles. The van der Waals surface area contributed by atoms with Crippen LogP contribution in [0.4, 0.5) is 0 Å². The highest BCUT2D eigenvalue weighted by atomic mass is 32.2. The molecule has 2 amide bonds. The van der Waals surface area contributed by atoms with Crippen molar-refractivity contribution in [3.05, 3.63) is 95.6 Å². The monoisotopic (exact) mass is 537 g/mol. The van der Waals surface area contributed by atoms with Gasteiger partial charge in [-0.1, -0.05) is 60.2 Å². The van der Waals surface area contributed by atoms with Crippen LogP contribution in [0, 0.1) is 6.92 Å². The third-order valence-corrected chi connectivity index (χ3v) is 8.01. The van der Waals surface area contributed by atoms with Gasteiger partial charge in [0.1, 0.15) is 11.8 Å². The number of ether oxygens (including phenoxy) is 1. The first kappa shape index (κ1) is 28.9. The van der Waals surface area contributed by atoms with Crippen LogP contribution in [0.1, 0.15) is 23.6 Å². The second-order valence-electron chi connectivity index (χ2n) is 9.05. The Morgan fingerprint density at radius 1 is 0.947 bits per heavy atom. The van der Waals surface area contributed by atoms with E-state index in [1.54, 1.807) is 31.4 Å². The van der Waals surface area contributed by atoms with Gasteiger partial charge in [0.2, 0.25) is 21.8 Å². The molecule has 0 fully saturated rings. The van der Waals surface area contributed by atoms with Gasteiger partial charge in [-0.05, 0) is 49.2 Å². The molecule has 0 heterocycles. The molecule has 1 atom stereocenters. The predicted octanol–water partition coefficient (Wildman–Crippen LogP) is 3.40. The molecule has 3 rings (SSSR count). The Hall–Kier alpha value is -3.69. The van der Waals surface area contributed by atoms with Gasteiger partial charge in [0, 0.05) is 26.6 Å². The van der Waals surface area contributed by atoms with Crippen molar-refractivity contribution in [2.75, 3.05) is 27.2 Å². The molecule has 0 aliphatic rings. The van der Waals surface area contributed by atoms with Crippen molar-refractivity contribution in [3.8, 4) is 5.75 Å². The Kier molecular flexibility index (Phi) is 10.0. The molecule has 1 N–H and O–H groups in total. The number of amides is 2. The van der Waals surface area contributed by atoms with E-state index < -0.39 is 28.5 Å². The molecule has 38 heavy (non-hydrogen) atoms. The maximum atomic E-state index is 13.8. The van der Waals surface area contributed by atoms with Gasteiger partial charge in [-0.15, -0.1) is 0 Å². The number of hydrogen-bond donors (Lipinski definition) is 1. The first-order valence-corrected chi connectivity index (χ1v) is 13.9. The van der Waals surface area contributed by atoms with Gasteiger partial charge in [0.15, 0.2) is 0 Å². The summed E-state index contributed by atoms with van der Waals surface area (Å²) in [6, 6.07) is 22.3. The highest BCUT2D eigenvalue weighted by Gasteiger charge is 2.32. The van der Waals surface area contributed by atoms with Gasteiger partial charge in [-0.25, -0.2) is 8.42 Å². The van der Waals surface area contributed by atoms with Crippen molar-refractivity contribution in [2.45, 2.75) is 37.8 Å². The molecule has 0 radical (unpaired) electrons. The van der Waals surface area contributed by atoms with E-state index >= 15 is 0 Å². The van der Waals surface area contributed by atoms with E-state index in [9.17, 15) is 18.0 Å². The summed E-state index contributed by atoms with van der Waals surface area (Å²) < 4.78 is 32.8. The molecule has 3 aromatic rings. The largest absolute Gasteiger partial charge is 0.497 e. The number of aryl methyl sites for hydroxylation is 1. The maximum Gasteiger partial charge on any atom is 0.243 e. The number of methoxy groups -OCH3 is 1. The summed E-state index contributed by atoms with van der Waals surface area (Å²) in [7, 11) is -0.992. The molecular formula is C29H35N3O5S. The van der Waals surface area contributed by atoms with E-state index in [0.29, 0.717) is 12.3 Å². The molecule has 0 bridgehead atoms. The first-order chi connectivity index (χ1) is 18.1. The first-order valence-electron chi connectivity index (χ1n) is 12.4. The SMILES string of the molecule is CCNC(=O)[C@H](Cc1ccccc1)N(Cc1cccc(OC)c1)C(=O)CN(C)S(=O)(=O)c1ccc(C)cc1. The summed E-state index contributed by atoms with van der Waals surface area (Å²) in [5.74, 6) is -0.179. The Bertz CT molecular complexity index is 1330. The van der Waals surface area contributed by atoms with Crippen LogP contribution in [-0.2, 0) is 32.6 Å². The fourth-order valence-electron chi connectivity index (χ4n) is 4.07. The Morgan fingerprint density at radius 2 is 1.61 bits per heavy atom. The minimum absolute atomic E-state index is 0.0994. The number of hydrogen-bond acceptors (Lipinski definition) is 5. The summed E-state index contributed by atoms with van der Waals surface area (Å²) in [5.41, 5.74) is 2.56. The number of benzene rings is 3. The normalized spacial score (nSPS) is 12.1. The van der Waals surface area contributed by atoms with Gasteiger partial charge in [0.25, 0.3) is 0 Å². The number of nitrogens with one attached hydrogen (secondary N) is 1. The van der Waals surface area contributed by atoms with Crippen LogP contribution in [0.3, 0.4) is 0 Å². The summed E-state index contributed by atoms with van der Waals surface area (Å²) in [4.78, 5) is 28.6. The molecule has 0 aliphatic carbocycles. The van der Waals surface area contributed by atoms with Crippen LogP contribution in [0.25, 0.3) is 0 Å². The van der Waals surface area contributed by atoms with Crippen LogP contribution in [-0.4, -0.2) is 62.7 Å². The fourth-order valence-corrected chi connectivity index (χ4v) is 5.19. The van der Waals surface area contributed by atoms with E-state index in [2.05, 4.69) is 5.32 Å². The van der Waals surface area contributed by atoms with Gasteiger partial charge in [0.05, 0.1) is 18.6 Å². The molecule has 0 aliphatic heterocycles. The average Bonchev–Trinajstić information content (AvgIpc) is 2.91. The lowest BCUT2D eigenvalue weighted by atomic mass is 10.0. The second kappa shape index (κ2) is 13.2. The number of nitrogens with zero attached hydrogens (tertiary/aromatic N) is 2. The lowest BCUT2D eigenvalue weighted by Gasteiger charge is -2.32. The molecule has 3 aromatic carbocycles. The Labute approximate surface area is 225 Å². The lowest BCUT2D eigenvalue weighted by molar-refractivity contribution is -0.141. The van der Waals surface area contributed by atoms with Crippen molar-refractivity contribution in [1.82, 2.24) is 14.5 Å². The molecule has 202 valence electrons. The summed E-state index contributed by atoms with van der Waals surface area (Å²) in [5, 5.41) is 2.83. The van der Waals surface area contributed by atoms with Crippen molar-refractivity contribution >= 4 is 21.8 Å².